The maximum absolute atomic E-state index is 8.97. The van der Waals surface area contributed by atoms with E-state index in [1.165, 1.54) is 0 Å². The second kappa shape index (κ2) is 5.41. The van der Waals surface area contributed by atoms with Crippen LogP contribution in [0.2, 0.25) is 5.15 Å². The van der Waals surface area contributed by atoms with Gasteiger partial charge in [-0.25, -0.2) is 15.0 Å². The Bertz CT molecular complexity index is 931. The highest BCUT2D eigenvalue weighted by atomic mass is 35.5. The zero-order chi connectivity index (χ0) is 16.7. The highest BCUT2D eigenvalue weighted by Crippen LogP contribution is 2.33. The summed E-state index contributed by atoms with van der Waals surface area (Å²) in [4.78, 5) is 14.5. The van der Waals surface area contributed by atoms with Gasteiger partial charge >= 0.3 is 0 Å². The number of nitriles is 1. The molecule has 0 amide bonds. The molecule has 0 aromatic carbocycles. The van der Waals surface area contributed by atoms with Crippen molar-refractivity contribution < 1.29 is 0 Å². The van der Waals surface area contributed by atoms with Crippen LogP contribution in [0.15, 0.2) is 18.5 Å². The summed E-state index contributed by atoms with van der Waals surface area (Å²) in [6.07, 6.45) is 1.69. The number of pyridine rings is 2. The number of hydrogen-bond acceptors (Lipinski definition) is 6. The van der Waals surface area contributed by atoms with Crippen LogP contribution in [0.4, 0.5) is 17.3 Å². The quantitative estimate of drug-likeness (QED) is 0.726. The summed E-state index contributed by atoms with van der Waals surface area (Å²) in [7, 11) is 3.71. The molecule has 0 aliphatic carbocycles. The number of rotatable bonds is 2. The predicted molar refractivity (Wildman–Crippen MR) is 89.7 cm³/mol. The first-order chi connectivity index (χ1) is 10.9. The molecule has 0 bridgehead atoms. The van der Waals surface area contributed by atoms with Gasteiger partial charge in [-0.15, -0.1) is 0 Å². The Labute approximate surface area is 138 Å². The van der Waals surface area contributed by atoms with E-state index in [0.29, 0.717) is 22.8 Å². The van der Waals surface area contributed by atoms with Gasteiger partial charge in [-0.05, 0) is 18.6 Å². The lowest BCUT2D eigenvalue weighted by Crippen LogP contribution is -2.15. The highest BCUT2D eigenvalue weighted by Gasteiger charge is 2.17. The van der Waals surface area contributed by atoms with E-state index in [2.05, 4.69) is 15.0 Å². The molecule has 0 saturated heterocycles. The van der Waals surface area contributed by atoms with Crippen molar-refractivity contribution in [2.45, 2.75) is 6.92 Å². The summed E-state index contributed by atoms with van der Waals surface area (Å²) in [5.41, 5.74) is 9.32. The second-order valence-corrected chi connectivity index (χ2v) is 5.58. The Morgan fingerprint density at radius 1 is 1.35 bits per heavy atom. The van der Waals surface area contributed by atoms with Crippen LogP contribution in [-0.2, 0) is 7.05 Å². The Morgan fingerprint density at radius 2 is 2.09 bits per heavy atom. The molecule has 8 heteroatoms. The molecular formula is C15H14ClN7. The Hall–Kier alpha value is -2.85. The van der Waals surface area contributed by atoms with Crippen molar-refractivity contribution in [2.75, 3.05) is 17.7 Å². The standard InChI is InChI=1S/C15H14ClN7/c1-8-4-9(6-17)20-14(16)13(8)23(3)11-5-10-12(15(18)21-11)19-7-22(10)2/h4-5,7H,1-3H3,(H2,18,21). The predicted octanol–water partition coefficient (Wildman–Crippen LogP) is 2.55. The van der Waals surface area contributed by atoms with Crippen molar-refractivity contribution >= 4 is 40.0 Å². The number of nitrogens with two attached hydrogens (primary N) is 1. The van der Waals surface area contributed by atoms with Gasteiger partial charge < -0.3 is 15.2 Å². The number of imidazole rings is 1. The zero-order valence-electron chi connectivity index (χ0n) is 12.9. The van der Waals surface area contributed by atoms with E-state index in [0.717, 1.165) is 11.1 Å². The SMILES string of the molecule is Cc1cc(C#N)nc(Cl)c1N(C)c1cc2c(ncn2C)c(N)n1. The Balaban J connectivity index is 2.16. The van der Waals surface area contributed by atoms with E-state index in [9.17, 15) is 0 Å². The van der Waals surface area contributed by atoms with Crippen molar-refractivity contribution in [1.29, 1.82) is 5.26 Å². The number of anilines is 3. The van der Waals surface area contributed by atoms with E-state index in [1.54, 1.807) is 17.3 Å². The van der Waals surface area contributed by atoms with Gasteiger partial charge in [0.2, 0.25) is 0 Å². The molecule has 0 aliphatic heterocycles. The minimum absolute atomic E-state index is 0.245. The van der Waals surface area contributed by atoms with E-state index < -0.39 is 0 Å². The lowest BCUT2D eigenvalue weighted by Gasteiger charge is -2.22. The van der Waals surface area contributed by atoms with Gasteiger partial charge in [-0.1, -0.05) is 11.6 Å². The van der Waals surface area contributed by atoms with Crippen LogP contribution in [0.3, 0.4) is 0 Å². The van der Waals surface area contributed by atoms with Crippen LogP contribution in [0.5, 0.6) is 0 Å². The van der Waals surface area contributed by atoms with Gasteiger partial charge in [-0.3, -0.25) is 0 Å². The molecule has 3 heterocycles. The third-order valence-electron chi connectivity index (χ3n) is 3.66. The smallest absolute Gasteiger partial charge is 0.154 e. The minimum Gasteiger partial charge on any atom is -0.382 e. The van der Waals surface area contributed by atoms with E-state index in [-0.39, 0.29) is 10.8 Å². The molecule has 0 aliphatic rings. The first-order valence-electron chi connectivity index (χ1n) is 6.81. The topological polar surface area (TPSA) is 96.7 Å². The lowest BCUT2D eigenvalue weighted by atomic mass is 10.2. The first kappa shape index (κ1) is 15.1. The van der Waals surface area contributed by atoms with Gasteiger partial charge in [0.25, 0.3) is 0 Å². The third kappa shape index (κ3) is 2.43. The Morgan fingerprint density at radius 3 is 2.74 bits per heavy atom. The summed E-state index contributed by atoms with van der Waals surface area (Å²) in [6.45, 7) is 1.87. The number of halogens is 1. The van der Waals surface area contributed by atoms with Gasteiger partial charge in [-0.2, -0.15) is 5.26 Å². The molecule has 116 valence electrons. The Kier molecular flexibility index (Phi) is 3.54. The summed E-state index contributed by atoms with van der Waals surface area (Å²) in [5.74, 6) is 0.968. The molecule has 0 saturated carbocycles. The molecule has 0 fully saturated rings. The van der Waals surface area contributed by atoms with Crippen molar-refractivity contribution in [3.8, 4) is 6.07 Å². The highest BCUT2D eigenvalue weighted by molar-refractivity contribution is 6.32. The normalized spacial score (nSPS) is 10.7. The summed E-state index contributed by atoms with van der Waals surface area (Å²) >= 11 is 6.25. The van der Waals surface area contributed by atoms with Gasteiger partial charge in [0.15, 0.2) is 11.0 Å². The number of aromatic nitrogens is 4. The van der Waals surface area contributed by atoms with Crippen LogP contribution in [0.1, 0.15) is 11.3 Å². The average Bonchev–Trinajstić information content (AvgIpc) is 2.88. The molecule has 23 heavy (non-hydrogen) atoms. The monoisotopic (exact) mass is 327 g/mol. The first-order valence-corrected chi connectivity index (χ1v) is 7.18. The van der Waals surface area contributed by atoms with Crippen LogP contribution in [-0.4, -0.2) is 26.6 Å². The summed E-state index contributed by atoms with van der Waals surface area (Å²) in [6, 6.07) is 5.56. The fourth-order valence-electron chi connectivity index (χ4n) is 2.51. The van der Waals surface area contributed by atoms with Crippen molar-refractivity contribution in [3.63, 3.8) is 0 Å². The number of nitrogen functional groups attached to an aromatic ring is 1. The second-order valence-electron chi connectivity index (χ2n) is 5.22. The minimum atomic E-state index is 0.245. The number of nitrogens with zero attached hydrogens (tertiary/aromatic N) is 6. The fraction of sp³-hybridized carbons (Fsp3) is 0.200. The molecule has 3 rings (SSSR count). The van der Waals surface area contributed by atoms with Crippen molar-refractivity contribution in [1.82, 2.24) is 19.5 Å². The number of fused-ring (bicyclic) bond motifs is 1. The van der Waals surface area contributed by atoms with Crippen LogP contribution in [0, 0.1) is 18.3 Å². The van der Waals surface area contributed by atoms with Gasteiger partial charge in [0, 0.05) is 20.2 Å². The van der Waals surface area contributed by atoms with Crippen LogP contribution in [0.25, 0.3) is 11.0 Å². The van der Waals surface area contributed by atoms with E-state index in [4.69, 9.17) is 22.6 Å². The molecule has 2 N–H and O–H groups in total. The van der Waals surface area contributed by atoms with E-state index >= 15 is 0 Å². The number of aryl methyl sites for hydroxylation is 2. The summed E-state index contributed by atoms with van der Waals surface area (Å²) < 4.78 is 1.87. The lowest BCUT2D eigenvalue weighted by molar-refractivity contribution is 0.946. The summed E-state index contributed by atoms with van der Waals surface area (Å²) in [5, 5.41) is 9.22. The maximum atomic E-state index is 8.97. The third-order valence-corrected chi connectivity index (χ3v) is 3.92. The van der Waals surface area contributed by atoms with E-state index in [1.807, 2.05) is 37.7 Å². The molecular weight excluding hydrogens is 314 g/mol. The molecule has 0 unspecified atom stereocenters. The van der Waals surface area contributed by atoms with Crippen LogP contribution < -0.4 is 10.6 Å². The van der Waals surface area contributed by atoms with Crippen molar-refractivity contribution in [3.05, 3.63) is 34.9 Å². The number of hydrogen-bond donors (Lipinski definition) is 1. The molecule has 3 aromatic heterocycles. The zero-order valence-corrected chi connectivity index (χ0v) is 13.6. The van der Waals surface area contributed by atoms with Crippen LogP contribution >= 0.6 is 11.6 Å². The van der Waals surface area contributed by atoms with Gasteiger partial charge in [0.1, 0.15) is 23.1 Å². The maximum Gasteiger partial charge on any atom is 0.154 e. The van der Waals surface area contributed by atoms with Gasteiger partial charge in [0.05, 0.1) is 17.5 Å². The van der Waals surface area contributed by atoms with Crippen molar-refractivity contribution in [2.24, 2.45) is 7.05 Å². The molecule has 0 atom stereocenters. The molecule has 3 aromatic rings. The average molecular weight is 328 g/mol. The fourth-order valence-corrected chi connectivity index (χ4v) is 2.88. The molecule has 0 spiro atoms. The molecule has 7 nitrogen and oxygen atoms in total. The molecule has 0 radical (unpaired) electrons. The largest absolute Gasteiger partial charge is 0.382 e.